The number of imide groups is 1. The summed E-state index contributed by atoms with van der Waals surface area (Å²) in [5, 5.41) is 11.1. The number of carboxylic acids is 1. The van der Waals surface area contributed by atoms with Crippen molar-refractivity contribution in [2.45, 2.75) is 39.2 Å². The van der Waals surface area contributed by atoms with Gasteiger partial charge in [0.1, 0.15) is 5.75 Å². The van der Waals surface area contributed by atoms with Gasteiger partial charge in [0.25, 0.3) is 5.91 Å². The van der Waals surface area contributed by atoms with Gasteiger partial charge in [-0.15, -0.1) is 11.3 Å². The van der Waals surface area contributed by atoms with E-state index < -0.39 is 24.0 Å². The number of nitrogens with two attached hydrogens (primary N) is 1. The van der Waals surface area contributed by atoms with Crippen LogP contribution < -0.4 is 15.8 Å². The Morgan fingerprint density at radius 2 is 1.95 bits per heavy atom. The number of nitrogens with one attached hydrogen (secondary N) is 1. The van der Waals surface area contributed by atoms with Gasteiger partial charge in [0.05, 0.1) is 0 Å². The predicted molar refractivity (Wildman–Crippen MR) is 77.8 cm³/mol. The number of aromatic carboxylic acids is 1. The van der Waals surface area contributed by atoms with E-state index in [0.717, 1.165) is 16.2 Å². The third kappa shape index (κ3) is 4.45. The minimum atomic E-state index is -1.13. The Morgan fingerprint density at radius 1 is 1.38 bits per heavy atom. The summed E-state index contributed by atoms with van der Waals surface area (Å²) in [4.78, 5) is 34.3. The highest BCUT2D eigenvalue weighted by Crippen LogP contribution is 2.37. The molecule has 0 radical (unpaired) electrons. The van der Waals surface area contributed by atoms with Crippen molar-refractivity contribution in [1.82, 2.24) is 5.32 Å². The molecule has 3 amide bonds. The number of carboxylic acid groups (broad SMARTS) is 1. The summed E-state index contributed by atoms with van der Waals surface area (Å²) in [6, 6.07) is 0.608. The van der Waals surface area contributed by atoms with Crippen LogP contribution >= 0.6 is 11.3 Å². The van der Waals surface area contributed by atoms with Crippen LogP contribution in [0.3, 0.4) is 0 Å². The van der Waals surface area contributed by atoms with Crippen molar-refractivity contribution in [2.75, 3.05) is 0 Å². The normalized spacial score (nSPS) is 12.6. The average molecular weight is 314 g/mol. The molecule has 0 aliphatic heterocycles. The molecule has 1 aromatic rings. The van der Waals surface area contributed by atoms with E-state index in [0.29, 0.717) is 0 Å². The van der Waals surface area contributed by atoms with Gasteiger partial charge in [-0.25, -0.2) is 9.59 Å². The third-order valence-electron chi connectivity index (χ3n) is 2.55. The van der Waals surface area contributed by atoms with Crippen LogP contribution in [-0.2, 0) is 10.2 Å². The van der Waals surface area contributed by atoms with Crippen LogP contribution in [0.25, 0.3) is 0 Å². The second kappa shape index (κ2) is 6.13. The highest BCUT2D eigenvalue weighted by atomic mass is 32.1. The molecule has 0 fully saturated rings. The molecule has 7 nitrogen and oxygen atoms in total. The van der Waals surface area contributed by atoms with Gasteiger partial charge in [0, 0.05) is 4.88 Å². The van der Waals surface area contributed by atoms with Crippen LogP contribution in [0.4, 0.5) is 4.79 Å². The quantitative estimate of drug-likeness (QED) is 0.781. The highest BCUT2D eigenvalue weighted by molar-refractivity contribution is 7.14. The first kappa shape index (κ1) is 17.0. The van der Waals surface area contributed by atoms with Gasteiger partial charge < -0.3 is 15.6 Å². The van der Waals surface area contributed by atoms with Gasteiger partial charge >= 0.3 is 12.0 Å². The molecule has 0 aliphatic rings. The Kier molecular flexibility index (Phi) is 4.95. The number of thiophene rings is 1. The van der Waals surface area contributed by atoms with Crippen LogP contribution in [-0.4, -0.2) is 29.1 Å². The summed E-state index contributed by atoms with van der Waals surface area (Å²) in [6.07, 6.45) is -1.04. The first-order valence-electron chi connectivity index (χ1n) is 6.17. The Labute approximate surface area is 126 Å². The fourth-order valence-electron chi connectivity index (χ4n) is 1.45. The molecule has 0 bridgehead atoms. The number of hydrogen-bond donors (Lipinski definition) is 3. The van der Waals surface area contributed by atoms with E-state index in [-0.39, 0.29) is 16.0 Å². The van der Waals surface area contributed by atoms with E-state index in [9.17, 15) is 19.5 Å². The molecular formula is C13H18N2O5S. The van der Waals surface area contributed by atoms with Crippen molar-refractivity contribution in [3.63, 3.8) is 0 Å². The van der Waals surface area contributed by atoms with E-state index in [1.54, 1.807) is 6.07 Å². The monoisotopic (exact) mass is 314 g/mol. The first-order chi connectivity index (χ1) is 9.52. The lowest BCUT2D eigenvalue weighted by Crippen LogP contribution is -2.42. The number of hydrogen-bond acceptors (Lipinski definition) is 5. The average Bonchev–Trinajstić information content (AvgIpc) is 2.71. The fraction of sp³-hybridized carbons (Fsp3) is 0.462. The number of carbonyl (C=O) groups is 3. The molecule has 0 saturated heterocycles. The molecule has 21 heavy (non-hydrogen) atoms. The molecule has 1 atom stereocenters. The summed E-state index contributed by atoms with van der Waals surface area (Å²) >= 11 is 1.09. The number of primary amides is 1. The molecule has 4 N–H and O–H groups in total. The maximum absolute atomic E-state index is 11.6. The summed E-state index contributed by atoms with van der Waals surface area (Å²) in [7, 11) is 0. The van der Waals surface area contributed by atoms with E-state index in [2.05, 4.69) is 0 Å². The van der Waals surface area contributed by atoms with Crippen molar-refractivity contribution in [3.05, 3.63) is 15.8 Å². The van der Waals surface area contributed by atoms with Crippen molar-refractivity contribution >= 4 is 29.2 Å². The van der Waals surface area contributed by atoms with Crippen LogP contribution in [0.15, 0.2) is 6.07 Å². The van der Waals surface area contributed by atoms with Crippen molar-refractivity contribution in [3.8, 4) is 5.75 Å². The van der Waals surface area contributed by atoms with E-state index >= 15 is 0 Å². The van der Waals surface area contributed by atoms with E-state index in [4.69, 9.17) is 10.5 Å². The molecule has 1 unspecified atom stereocenters. The molecule has 8 heteroatoms. The molecule has 0 spiro atoms. The number of urea groups is 1. The molecule has 0 aromatic carbocycles. The smallest absolute Gasteiger partial charge is 0.349 e. The largest absolute Gasteiger partial charge is 0.479 e. The minimum Gasteiger partial charge on any atom is -0.479 e. The van der Waals surface area contributed by atoms with Crippen LogP contribution in [0.1, 0.15) is 42.2 Å². The van der Waals surface area contributed by atoms with Crippen LogP contribution in [0.5, 0.6) is 5.75 Å². The van der Waals surface area contributed by atoms with Gasteiger partial charge in [-0.05, 0) is 18.4 Å². The zero-order valence-electron chi connectivity index (χ0n) is 12.2. The standard InChI is InChI=1S/C13H18N2O5S/c1-6(10(16)15-12(14)19)20-7-5-8(13(2,3)4)21-9(7)11(17)18/h5-6H,1-4H3,(H,17,18)(H3,14,15,16,19). The number of carbonyl (C=O) groups excluding carboxylic acids is 2. The van der Waals surface area contributed by atoms with Gasteiger partial charge in [-0.3, -0.25) is 10.1 Å². The lowest BCUT2D eigenvalue weighted by Gasteiger charge is -2.15. The second-order valence-electron chi connectivity index (χ2n) is 5.47. The summed E-state index contributed by atoms with van der Waals surface area (Å²) in [6.45, 7) is 7.23. The van der Waals surface area contributed by atoms with Gasteiger partial charge in [0.2, 0.25) is 0 Å². The molecule has 116 valence electrons. The molecule has 1 aromatic heterocycles. The van der Waals surface area contributed by atoms with Crippen molar-refractivity contribution in [2.24, 2.45) is 5.73 Å². The Morgan fingerprint density at radius 3 is 2.38 bits per heavy atom. The van der Waals surface area contributed by atoms with E-state index in [1.807, 2.05) is 26.1 Å². The summed E-state index contributed by atoms with van der Waals surface area (Å²) in [5.41, 5.74) is 4.60. The number of rotatable bonds is 4. The highest BCUT2D eigenvalue weighted by Gasteiger charge is 2.26. The lowest BCUT2D eigenvalue weighted by atomic mass is 9.95. The predicted octanol–water partition coefficient (Wildman–Crippen LogP) is 1.71. The van der Waals surface area contributed by atoms with Crippen LogP contribution in [0, 0.1) is 0 Å². The maximum atomic E-state index is 11.6. The van der Waals surface area contributed by atoms with E-state index in [1.165, 1.54) is 6.92 Å². The summed E-state index contributed by atoms with van der Waals surface area (Å²) in [5.74, 6) is -1.76. The lowest BCUT2D eigenvalue weighted by molar-refractivity contribution is -0.126. The Balaban J connectivity index is 3.02. The zero-order valence-corrected chi connectivity index (χ0v) is 13.0. The van der Waals surface area contributed by atoms with Crippen molar-refractivity contribution < 1.29 is 24.2 Å². The zero-order chi connectivity index (χ0) is 16.4. The van der Waals surface area contributed by atoms with Crippen LogP contribution in [0.2, 0.25) is 0 Å². The van der Waals surface area contributed by atoms with Gasteiger partial charge in [0.15, 0.2) is 11.0 Å². The molecule has 1 rings (SSSR count). The number of ether oxygens (including phenoxy) is 1. The first-order valence-corrected chi connectivity index (χ1v) is 6.98. The molecular weight excluding hydrogens is 296 g/mol. The molecule has 0 saturated carbocycles. The molecule has 0 aliphatic carbocycles. The Bertz CT molecular complexity index is 574. The number of amides is 3. The van der Waals surface area contributed by atoms with Gasteiger partial charge in [-0.1, -0.05) is 20.8 Å². The minimum absolute atomic E-state index is 0.0126. The Hall–Kier alpha value is -2.09. The van der Waals surface area contributed by atoms with Gasteiger partial charge in [-0.2, -0.15) is 0 Å². The topological polar surface area (TPSA) is 119 Å². The third-order valence-corrected chi connectivity index (χ3v) is 4.08. The maximum Gasteiger partial charge on any atom is 0.349 e. The molecule has 1 heterocycles. The summed E-state index contributed by atoms with van der Waals surface area (Å²) < 4.78 is 5.36. The van der Waals surface area contributed by atoms with Crippen molar-refractivity contribution in [1.29, 1.82) is 0 Å². The fourth-order valence-corrected chi connectivity index (χ4v) is 2.43. The second-order valence-corrected chi connectivity index (χ2v) is 6.52. The SMILES string of the molecule is CC(Oc1cc(C(C)(C)C)sc1C(=O)O)C(=O)NC(N)=O.